The van der Waals surface area contributed by atoms with E-state index in [0.717, 1.165) is 6.42 Å². The van der Waals surface area contributed by atoms with Crippen molar-refractivity contribution in [2.45, 2.75) is 39.0 Å². The Morgan fingerprint density at radius 1 is 1.15 bits per heavy atom. The summed E-state index contributed by atoms with van der Waals surface area (Å²) in [6.45, 7) is 1.40. The molecule has 1 aromatic rings. The molecule has 0 aliphatic carbocycles. The number of quaternary nitrogens is 1. The van der Waals surface area contributed by atoms with Gasteiger partial charge < -0.3 is 15.6 Å². The molecule has 0 heterocycles. The Morgan fingerprint density at radius 3 is 2.35 bits per heavy atom. The topological polar surface area (TPSA) is 140 Å². The van der Waals surface area contributed by atoms with E-state index in [4.69, 9.17) is 15.6 Å². The fourth-order valence-corrected chi connectivity index (χ4v) is 2.38. The number of rotatable bonds is 11. The molecule has 26 heavy (non-hydrogen) atoms. The molecular weight excluding hydrogens is 340 g/mol. The van der Waals surface area contributed by atoms with E-state index in [1.165, 1.54) is 5.32 Å². The molecule has 0 saturated heterocycles. The first kappa shape index (κ1) is 21.3. The fraction of sp³-hybridized carbons (Fsp3) is 0.444. The van der Waals surface area contributed by atoms with Gasteiger partial charge in [-0.15, -0.1) is 0 Å². The van der Waals surface area contributed by atoms with E-state index >= 15 is 0 Å². The van der Waals surface area contributed by atoms with Crippen LogP contribution in [0.3, 0.4) is 0 Å². The van der Waals surface area contributed by atoms with Crippen LogP contribution in [0.1, 0.15) is 39.0 Å². The summed E-state index contributed by atoms with van der Waals surface area (Å²) in [5.41, 5.74) is 4.46. The van der Waals surface area contributed by atoms with E-state index in [-0.39, 0.29) is 19.3 Å². The molecule has 5 N–H and O–H groups in total. The molecule has 0 fully saturated rings. The van der Waals surface area contributed by atoms with Gasteiger partial charge in [0.1, 0.15) is 12.3 Å². The Labute approximate surface area is 151 Å². The summed E-state index contributed by atoms with van der Waals surface area (Å²) >= 11 is 0. The van der Waals surface area contributed by atoms with Crippen molar-refractivity contribution in [2.75, 3.05) is 6.61 Å². The number of para-hydroxylation sites is 1. The minimum Gasteiger partial charge on any atom is -0.481 e. The average Bonchev–Trinajstić information content (AvgIpc) is 2.60. The number of carbonyl (C=O) groups excluding carboxylic acids is 3. The van der Waals surface area contributed by atoms with Crippen molar-refractivity contribution in [1.82, 2.24) is 0 Å². The third kappa shape index (κ3) is 6.29. The van der Waals surface area contributed by atoms with E-state index in [9.17, 15) is 19.2 Å². The number of nitrogens with two attached hydrogens (primary N) is 2. The van der Waals surface area contributed by atoms with Crippen LogP contribution in [0, 0.1) is 5.41 Å². The average molecular weight is 365 g/mol. The molecule has 0 bridgehead atoms. The Balaban J connectivity index is 2.93. The van der Waals surface area contributed by atoms with Gasteiger partial charge in [0.2, 0.25) is 5.91 Å². The van der Waals surface area contributed by atoms with Crippen LogP contribution >= 0.6 is 0 Å². The molecule has 1 aromatic carbocycles. The lowest BCUT2D eigenvalue weighted by Gasteiger charge is -2.26. The van der Waals surface area contributed by atoms with Gasteiger partial charge in [-0.1, -0.05) is 38.0 Å². The third-order valence-corrected chi connectivity index (χ3v) is 4.02. The van der Waals surface area contributed by atoms with Crippen molar-refractivity contribution in [2.24, 2.45) is 11.1 Å². The molecular formula is C18H25N2O6+. The van der Waals surface area contributed by atoms with Crippen molar-refractivity contribution in [3.8, 4) is 0 Å². The van der Waals surface area contributed by atoms with Crippen LogP contribution in [0.2, 0.25) is 0 Å². The number of carbonyl (C=O) groups is 4. The zero-order chi connectivity index (χ0) is 19.6. The smallest absolute Gasteiger partial charge is 0.334 e. The summed E-state index contributed by atoms with van der Waals surface area (Å²) in [5.74, 6) is -3.32. The quantitative estimate of drug-likeness (QED) is 0.296. The van der Waals surface area contributed by atoms with Crippen LogP contribution in [0.15, 0.2) is 30.3 Å². The summed E-state index contributed by atoms with van der Waals surface area (Å²) in [6, 6.07) is 8.72. The highest BCUT2D eigenvalue weighted by Gasteiger charge is 2.48. The summed E-state index contributed by atoms with van der Waals surface area (Å²) in [5, 5.41) is 9.92. The number of aliphatic carboxylic acids is 1. The van der Waals surface area contributed by atoms with Crippen molar-refractivity contribution in [1.29, 1.82) is 0 Å². The molecule has 0 aliphatic heterocycles. The van der Waals surface area contributed by atoms with Crippen LogP contribution < -0.4 is 11.1 Å². The minimum atomic E-state index is -1.66. The fourth-order valence-electron chi connectivity index (χ4n) is 2.38. The van der Waals surface area contributed by atoms with Crippen LogP contribution in [0.25, 0.3) is 0 Å². The number of carboxylic acids is 1. The highest BCUT2D eigenvalue weighted by molar-refractivity contribution is 6.01. The standard InChI is InChI=1S/C18H24N2O6/c1-2-3-11-18(16(19)24,12-26-15(23)10-9-14(21)22)17(25)20-13-7-5-4-6-8-13/h4-8H,2-3,9-12H2,1H3,(H2,19,24)(H,20,25)(H,21,22)/p+1. The molecule has 1 rings (SSSR count). The van der Waals surface area contributed by atoms with Crippen LogP contribution in [0.4, 0.5) is 5.69 Å². The van der Waals surface area contributed by atoms with Gasteiger partial charge in [0.05, 0.1) is 12.8 Å². The first-order valence-electron chi connectivity index (χ1n) is 8.43. The molecule has 1 unspecified atom stereocenters. The molecule has 1 atom stereocenters. The highest BCUT2D eigenvalue weighted by Crippen LogP contribution is 2.25. The zero-order valence-electron chi connectivity index (χ0n) is 14.8. The van der Waals surface area contributed by atoms with E-state index in [2.05, 4.69) is 0 Å². The van der Waals surface area contributed by atoms with Crippen LogP contribution in [-0.4, -0.2) is 35.5 Å². The molecule has 8 heteroatoms. The predicted octanol–water partition coefficient (Wildman–Crippen LogP) is 0.478. The second-order valence-corrected chi connectivity index (χ2v) is 6.02. The molecule has 0 saturated carbocycles. The van der Waals surface area contributed by atoms with E-state index in [1.807, 2.05) is 6.92 Å². The number of amides is 2. The number of carboxylic acid groups (broad SMARTS) is 1. The normalized spacial score (nSPS) is 12.8. The first-order chi connectivity index (χ1) is 12.3. The number of primary amides is 2. The van der Waals surface area contributed by atoms with Crippen molar-refractivity contribution in [3.05, 3.63) is 30.3 Å². The second-order valence-electron chi connectivity index (χ2n) is 6.02. The van der Waals surface area contributed by atoms with Gasteiger partial charge in [-0.3, -0.25) is 14.4 Å². The number of unbranched alkanes of at least 4 members (excludes halogenated alkanes) is 1. The van der Waals surface area contributed by atoms with Gasteiger partial charge >= 0.3 is 17.8 Å². The second kappa shape index (κ2) is 10.3. The summed E-state index contributed by atoms with van der Waals surface area (Å²) in [6.07, 6.45) is 0.688. The van der Waals surface area contributed by atoms with Crippen molar-refractivity contribution >= 4 is 29.4 Å². The van der Waals surface area contributed by atoms with Gasteiger partial charge in [0, 0.05) is 0 Å². The predicted molar refractivity (Wildman–Crippen MR) is 92.0 cm³/mol. The van der Waals surface area contributed by atoms with E-state index in [0.29, 0.717) is 12.1 Å². The highest BCUT2D eigenvalue weighted by atomic mass is 16.5. The summed E-state index contributed by atoms with van der Waals surface area (Å²) in [4.78, 5) is 47.2. The lowest BCUT2D eigenvalue weighted by Crippen LogP contribution is -2.87. The molecule has 0 radical (unpaired) electrons. The Morgan fingerprint density at radius 2 is 1.81 bits per heavy atom. The lowest BCUT2D eigenvalue weighted by atomic mass is 9.81. The molecule has 0 spiro atoms. The van der Waals surface area contributed by atoms with E-state index in [1.54, 1.807) is 30.3 Å². The zero-order valence-corrected chi connectivity index (χ0v) is 14.8. The molecule has 0 aromatic heterocycles. The number of hydrogen-bond acceptors (Lipinski definition) is 5. The maximum absolute atomic E-state index is 12.8. The van der Waals surface area contributed by atoms with Gasteiger partial charge in [-0.25, -0.2) is 10.1 Å². The summed E-state index contributed by atoms with van der Waals surface area (Å²) < 4.78 is 5.03. The monoisotopic (exact) mass is 365 g/mol. The van der Waals surface area contributed by atoms with E-state index < -0.39 is 35.8 Å². The van der Waals surface area contributed by atoms with Crippen LogP contribution in [0.5, 0.6) is 0 Å². The van der Waals surface area contributed by atoms with Gasteiger partial charge in [-0.05, 0) is 18.6 Å². The van der Waals surface area contributed by atoms with Gasteiger partial charge in [0.15, 0.2) is 5.41 Å². The number of hydrogen-bond donors (Lipinski definition) is 3. The Kier molecular flexibility index (Phi) is 8.44. The number of esters is 1. The lowest BCUT2D eigenvalue weighted by molar-refractivity contribution is -0.490. The van der Waals surface area contributed by atoms with Crippen molar-refractivity contribution < 1.29 is 34.3 Å². The Hall–Kier alpha value is -2.74. The molecule has 2 amide bonds. The number of benzene rings is 1. The van der Waals surface area contributed by atoms with Crippen molar-refractivity contribution in [3.63, 3.8) is 0 Å². The first-order valence-corrected chi connectivity index (χ1v) is 8.43. The Bertz CT molecular complexity index is 646. The third-order valence-electron chi connectivity index (χ3n) is 4.02. The number of ether oxygens (including phenoxy) is 1. The maximum atomic E-state index is 12.8. The summed E-state index contributed by atoms with van der Waals surface area (Å²) in [7, 11) is 0. The maximum Gasteiger partial charge on any atom is 0.334 e. The minimum absolute atomic E-state index is 0.146. The largest absolute Gasteiger partial charge is 0.481 e. The molecule has 0 aliphatic rings. The molecule has 142 valence electrons. The van der Waals surface area contributed by atoms with Crippen LogP contribution in [-0.2, 0) is 23.9 Å². The molecule has 8 nitrogen and oxygen atoms in total. The van der Waals surface area contributed by atoms with Gasteiger partial charge in [0.25, 0.3) is 0 Å². The van der Waals surface area contributed by atoms with Gasteiger partial charge in [-0.2, -0.15) is 0 Å². The SMILES string of the molecule is CCCCC(COC(=O)CCC(=O)O)(C(N)=O)C(=O)[NH2+]c1ccccc1.